The second kappa shape index (κ2) is 6.60. The summed E-state index contributed by atoms with van der Waals surface area (Å²) in [6, 6.07) is 18.8. The van der Waals surface area contributed by atoms with E-state index in [0.29, 0.717) is 6.04 Å². The van der Waals surface area contributed by atoms with Crippen LogP contribution in [0, 0.1) is 0 Å². The van der Waals surface area contributed by atoms with E-state index in [1.165, 1.54) is 18.4 Å². The van der Waals surface area contributed by atoms with Crippen LogP contribution in [0.25, 0.3) is 0 Å². The van der Waals surface area contributed by atoms with Gasteiger partial charge in [0, 0.05) is 6.04 Å². The third-order valence-corrected chi connectivity index (χ3v) is 3.32. The highest BCUT2D eigenvalue weighted by Crippen LogP contribution is 2.26. The molecular formula is C16H18ClNO. The van der Waals surface area contributed by atoms with Crippen molar-refractivity contribution >= 4 is 12.4 Å². The van der Waals surface area contributed by atoms with Crippen molar-refractivity contribution < 1.29 is 4.74 Å². The molecule has 100 valence electrons. The monoisotopic (exact) mass is 275 g/mol. The van der Waals surface area contributed by atoms with Crippen molar-refractivity contribution in [3.05, 3.63) is 60.2 Å². The van der Waals surface area contributed by atoms with Crippen molar-refractivity contribution in [3.63, 3.8) is 0 Å². The molecule has 0 amide bonds. The zero-order chi connectivity index (χ0) is 12.2. The lowest BCUT2D eigenvalue weighted by atomic mass is 10.1. The summed E-state index contributed by atoms with van der Waals surface area (Å²) in [5, 5.41) is 3.50. The van der Waals surface area contributed by atoms with E-state index in [0.717, 1.165) is 18.0 Å². The first-order valence-electron chi connectivity index (χ1n) is 6.48. The zero-order valence-corrected chi connectivity index (χ0v) is 11.5. The molecule has 3 rings (SSSR count). The SMILES string of the molecule is Cl.c1ccc(Oc2ccc(C3CCCN3)cc2)cc1. The van der Waals surface area contributed by atoms with Crippen molar-refractivity contribution in [1.29, 1.82) is 0 Å². The van der Waals surface area contributed by atoms with Crippen LogP contribution in [-0.2, 0) is 0 Å². The molecule has 2 aromatic carbocycles. The second-order valence-corrected chi connectivity index (χ2v) is 4.63. The molecule has 0 aromatic heterocycles. The van der Waals surface area contributed by atoms with Crippen LogP contribution in [0.15, 0.2) is 54.6 Å². The topological polar surface area (TPSA) is 21.3 Å². The molecule has 0 radical (unpaired) electrons. The van der Waals surface area contributed by atoms with Gasteiger partial charge in [0.2, 0.25) is 0 Å². The molecule has 0 aliphatic carbocycles. The molecule has 3 heteroatoms. The van der Waals surface area contributed by atoms with E-state index in [1.807, 2.05) is 42.5 Å². The fourth-order valence-corrected chi connectivity index (χ4v) is 2.36. The van der Waals surface area contributed by atoms with Gasteiger partial charge in [0.25, 0.3) is 0 Å². The van der Waals surface area contributed by atoms with Crippen molar-refractivity contribution in [2.75, 3.05) is 6.54 Å². The Morgan fingerprint density at radius 2 is 1.58 bits per heavy atom. The first-order valence-corrected chi connectivity index (χ1v) is 6.48. The molecule has 1 N–H and O–H groups in total. The number of hydrogen-bond acceptors (Lipinski definition) is 2. The lowest BCUT2D eigenvalue weighted by molar-refractivity contribution is 0.482. The quantitative estimate of drug-likeness (QED) is 0.900. The van der Waals surface area contributed by atoms with Gasteiger partial charge < -0.3 is 10.1 Å². The van der Waals surface area contributed by atoms with E-state index in [2.05, 4.69) is 17.4 Å². The molecule has 2 aromatic rings. The molecule has 1 heterocycles. The number of benzene rings is 2. The summed E-state index contributed by atoms with van der Waals surface area (Å²) in [6.07, 6.45) is 2.51. The van der Waals surface area contributed by atoms with Gasteiger partial charge in [-0.15, -0.1) is 12.4 Å². The highest BCUT2D eigenvalue weighted by atomic mass is 35.5. The maximum Gasteiger partial charge on any atom is 0.127 e. The molecule has 1 fully saturated rings. The minimum atomic E-state index is 0. The van der Waals surface area contributed by atoms with Gasteiger partial charge in [0.1, 0.15) is 11.5 Å². The van der Waals surface area contributed by atoms with Crippen LogP contribution in [0.2, 0.25) is 0 Å². The first kappa shape index (κ1) is 13.9. The average molecular weight is 276 g/mol. The summed E-state index contributed by atoms with van der Waals surface area (Å²) in [6.45, 7) is 1.13. The van der Waals surface area contributed by atoms with Gasteiger partial charge in [-0.3, -0.25) is 0 Å². The smallest absolute Gasteiger partial charge is 0.127 e. The predicted octanol–water partition coefficient (Wildman–Crippen LogP) is 4.33. The Kier molecular flexibility index (Phi) is 4.83. The summed E-state index contributed by atoms with van der Waals surface area (Å²) >= 11 is 0. The molecule has 1 aliphatic heterocycles. The Labute approximate surface area is 120 Å². The van der Waals surface area contributed by atoms with Crippen molar-refractivity contribution in [3.8, 4) is 11.5 Å². The van der Waals surface area contributed by atoms with E-state index in [4.69, 9.17) is 4.74 Å². The zero-order valence-electron chi connectivity index (χ0n) is 10.7. The number of nitrogens with one attached hydrogen (secondary N) is 1. The molecule has 0 saturated carbocycles. The van der Waals surface area contributed by atoms with E-state index >= 15 is 0 Å². The van der Waals surface area contributed by atoms with Crippen LogP contribution in [0.1, 0.15) is 24.4 Å². The Hall–Kier alpha value is -1.51. The number of halogens is 1. The number of ether oxygens (including phenoxy) is 1. The Morgan fingerprint density at radius 3 is 2.21 bits per heavy atom. The van der Waals surface area contributed by atoms with Gasteiger partial charge in [-0.1, -0.05) is 30.3 Å². The largest absolute Gasteiger partial charge is 0.457 e. The van der Waals surface area contributed by atoms with Crippen LogP contribution in [0.3, 0.4) is 0 Å². The Morgan fingerprint density at radius 1 is 0.895 bits per heavy atom. The van der Waals surface area contributed by atoms with Gasteiger partial charge in [-0.05, 0) is 49.2 Å². The van der Waals surface area contributed by atoms with Gasteiger partial charge >= 0.3 is 0 Å². The van der Waals surface area contributed by atoms with Crippen molar-refractivity contribution in [1.82, 2.24) is 5.32 Å². The Bertz CT molecular complexity index is 492. The lowest BCUT2D eigenvalue weighted by Crippen LogP contribution is -2.12. The second-order valence-electron chi connectivity index (χ2n) is 4.63. The fourth-order valence-electron chi connectivity index (χ4n) is 2.36. The molecule has 2 nitrogen and oxygen atoms in total. The van der Waals surface area contributed by atoms with Crippen LogP contribution in [0.4, 0.5) is 0 Å². The normalized spacial score (nSPS) is 17.8. The van der Waals surface area contributed by atoms with Crippen LogP contribution >= 0.6 is 12.4 Å². The maximum atomic E-state index is 5.78. The highest BCUT2D eigenvalue weighted by Gasteiger charge is 2.15. The van der Waals surface area contributed by atoms with E-state index < -0.39 is 0 Å². The van der Waals surface area contributed by atoms with Gasteiger partial charge in [0.05, 0.1) is 0 Å². The third-order valence-electron chi connectivity index (χ3n) is 3.32. The average Bonchev–Trinajstić information content (AvgIpc) is 2.95. The summed E-state index contributed by atoms with van der Waals surface area (Å²) in [7, 11) is 0. The molecule has 1 atom stereocenters. The minimum absolute atomic E-state index is 0. The minimum Gasteiger partial charge on any atom is -0.457 e. The van der Waals surface area contributed by atoms with Gasteiger partial charge in [-0.2, -0.15) is 0 Å². The summed E-state index contributed by atoms with van der Waals surface area (Å²) < 4.78 is 5.78. The van der Waals surface area contributed by atoms with Crippen LogP contribution in [-0.4, -0.2) is 6.54 Å². The molecule has 1 unspecified atom stereocenters. The first-order chi connectivity index (χ1) is 8.92. The van der Waals surface area contributed by atoms with Crippen molar-refractivity contribution in [2.24, 2.45) is 0 Å². The molecule has 1 saturated heterocycles. The molecular weight excluding hydrogens is 258 g/mol. The van der Waals surface area contributed by atoms with E-state index in [9.17, 15) is 0 Å². The summed E-state index contributed by atoms with van der Waals surface area (Å²) in [4.78, 5) is 0. The van der Waals surface area contributed by atoms with Gasteiger partial charge in [0.15, 0.2) is 0 Å². The molecule has 0 spiro atoms. The van der Waals surface area contributed by atoms with E-state index in [-0.39, 0.29) is 12.4 Å². The van der Waals surface area contributed by atoms with Crippen molar-refractivity contribution in [2.45, 2.75) is 18.9 Å². The number of rotatable bonds is 3. The number of para-hydroxylation sites is 1. The molecule has 19 heavy (non-hydrogen) atoms. The number of hydrogen-bond donors (Lipinski definition) is 1. The predicted molar refractivity (Wildman–Crippen MR) is 80.2 cm³/mol. The highest BCUT2D eigenvalue weighted by molar-refractivity contribution is 5.85. The third kappa shape index (κ3) is 3.49. The van der Waals surface area contributed by atoms with E-state index in [1.54, 1.807) is 0 Å². The Balaban J connectivity index is 0.00000133. The molecule has 0 bridgehead atoms. The lowest BCUT2D eigenvalue weighted by Gasteiger charge is -2.11. The van der Waals surface area contributed by atoms with Gasteiger partial charge in [-0.25, -0.2) is 0 Å². The fraction of sp³-hybridized carbons (Fsp3) is 0.250. The van der Waals surface area contributed by atoms with Crippen LogP contribution < -0.4 is 10.1 Å². The molecule has 1 aliphatic rings. The van der Waals surface area contributed by atoms with Crippen LogP contribution in [0.5, 0.6) is 11.5 Å². The summed E-state index contributed by atoms with van der Waals surface area (Å²) in [5.74, 6) is 1.77. The summed E-state index contributed by atoms with van der Waals surface area (Å²) in [5.41, 5.74) is 1.35. The maximum absolute atomic E-state index is 5.78. The standard InChI is InChI=1S/C16H17NO.ClH/c1-2-5-14(6-3-1)18-15-10-8-13(9-11-15)16-7-4-12-17-16;/h1-3,5-6,8-11,16-17H,4,7,12H2;1H.